The number of ether oxygens (including phenoxy) is 4. The molecule has 0 amide bonds. The van der Waals surface area contributed by atoms with Gasteiger partial charge in [0.1, 0.15) is 33.8 Å². The Labute approximate surface area is 432 Å². The van der Waals surface area contributed by atoms with E-state index in [0.717, 1.165) is 37.1 Å². The molecule has 2 aliphatic rings. The minimum absolute atomic E-state index is 0.0195. The molecule has 0 unspecified atom stereocenters. The molecule has 20 heteroatoms. The largest absolute Gasteiger partial charge is 0.461 e. The van der Waals surface area contributed by atoms with Crippen LogP contribution in [-0.4, -0.2) is 101 Å². The van der Waals surface area contributed by atoms with Crippen molar-refractivity contribution in [3.63, 3.8) is 0 Å². The lowest BCUT2D eigenvalue weighted by Crippen LogP contribution is -2.51. The molecule has 6 rings (SSSR count). The Morgan fingerprint density at radius 2 is 0.958 bits per heavy atom. The molecule has 0 saturated heterocycles. The fourth-order valence-corrected chi connectivity index (χ4v) is 12.8. The number of thioether (sulfide) groups is 2. The number of carbonyl (C=O) groups excluding carboxylic acids is 2. The molecule has 2 aliphatic heterocycles. The second kappa shape index (κ2) is 25.2. The molecule has 4 aromatic rings. The number of hydrogen-bond acceptors (Lipinski definition) is 14. The van der Waals surface area contributed by atoms with E-state index in [4.69, 9.17) is 9.47 Å². The van der Waals surface area contributed by atoms with Gasteiger partial charge in [0.25, 0.3) is 0 Å². The zero-order valence-corrected chi connectivity index (χ0v) is 45.8. The molecule has 2 atom stereocenters. The molecule has 72 heavy (non-hydrogen) atoms. The van der Waals surface area contributed by atoms with Gasteiger partial charge in [-0.05, 0) is 89.4 Å². The molecule has 392 valence electrons. The number of rotatable bonds is 18. The first-order valence-electron chi connectivity index (χ1n) is 23.6. The van der Waals surface area contributed by atoms with Gasteiger partial charge in [-0.25, -0.2) is 26.4 Å². The van der Waals surface area contributed by atoms with Crippen molar-refractivity contribution >= 4 is 78.3 Å². The Morgan fingerprint density at radius 3 is 1.26 bits per heavy atom. The minimum atomic E-state index is -3.95. The van der Waals surface area contributed by atoms with Gasteiger partial charge in [-0.1, -0.05) is 75.9 Å². The number of nitrogens with zero attached hydrogens (tertiary/aromatic N) is 4. The van der Waals surface area contributed by atoms with E-state index in [0.29, 0.717) is 59.6 Å². The van der Waals surface area contributed by atoms with Gasteiger partial charge in [0.15, 0.2) is 0 Å². The monoisotopic (exact) mass is 1070 g/mol. The molecule has 14 nitrogen and oxygen atoms in total. The number of para-hydroxylation sites is 2. The number of esters is 2. The lowest BCUT2D eigenvalue weighted by molar-refractivity contribution is -0.141. The third-order valence-corrected chi connectivity index (χ3v) is 18.3. The summed E-state index contributed by atoms with van der Waals surface area (Å²) in [6.45, 7) is 12.2. The molecule has 0 fully saturated rings. The van der Waals surface area contributed by atoms with Crippen molar-refractivity contribution in [3.8, 4) is 11.5 Å². The van der Waals surface area contributed by atoms with Gasteiger partial charge in [-0.2, -0.15) is 17.4 Å². The Bertz CT molecular complexity index is 2630. The van der Waals surface area contributed by atoms with Crippen LogP contribution in [0.4, 0.5) is 31.5 Å². The second-order valence-electron chi connectivity index (χ2n) is 17.5. The first-order chi connectivity index (χ1) is 34.2. The average molecular weight is 1070 g/mol. The summed E-state index contributed by atoms with van der Waals surface area (Å²) in [7, 11) is -4.69. The first kappa shape index (κ1) is 57.8. The standard InChI is InChI=1S/2C26H33FN2O5S2/c2*1-6-8-14-26(3)18-29(19-12-10-9-11-13-19)21-15-23(35-5)22(16-24(21)36(31,32)28(26)4)34-17-20(27)25(30)33-7-2/h2*9-13,15-17H,6-8,14,18H2,1-5H3/b2*20-17-/t2*26-/m10/s1. The van der Waals surface area contributed by atoms with Crippen molar-refractivity contribution in [3.05, 3.63) is 109 Å². The number of anilines is 4. The predicted octanol–water partition coefficient (Wildman–Crippen LogP) is 11.8. The average Bonchev–Trinajstić information content (AvgIpc) is 3.48. The van der Waals surface area contributed by atoms with Crippen molar-refractivity contribution in [1.29, 1.82) is 0 Å². The summed E-state index contributed by atoms with van der Waals surface area (Å²) in [5.41, 5.74) is 1.39. The zero-order chi connectivity index (χ0) is 53.0. The van der Waals surface area contributed by atoms with Crippen molar-refractivity contribution in [2.45, 2.75) is 111 Å². The van der Waals surface area contributed by atoms with E-state index in [9.17, 15) is 35.2 Å². The van der Waals surface area contributed by atoms with Crippen LogP contribution in [0.2, 0.25) is 0 Å². The van der Waals surface area contributed by atoms with E-state index in [1.807, 2.05) is 96.8 Å². The van der Waals surface area contributed by atoms with Crippen LogP contribution in [0.5, 0.6) is 11.5 Å². The molecule has 0 aliphatic carbocycles. The van der Waals surface area contributed by atoms with Gasteiger partial charge >= 0.3 is 11.9 Å². The van der Waals surface area contributed by atoms with Crippen molar-refractivity contribution in [2.24, 2.45) is 0 Å². The molecule has 2 heterocycles. The number of unbranched alkanes of at least 4 members (excludes halogenated alkanes) is 2. The first-order valence-corrected chi connectivity index (χ1v) is 29.0. The number of halogens is 2. The molecule has 0 aromatic heterocycles. The Hall–Kier alpha value is -5.12. The van der Waals surface area contributed by atoms with Gasteiger partial charge in [-0.3, -0.25) is 0 Å². The van der Waals surface area contributed by atoms with Crippen LogP contribution in [0.3, 0.4) is 0 Å². The fourth-order valence-electron chi connectivity index (χ4n) is 8.32. The summed E-state index contributed by atoms with van der Waals surface area (Å²) in [6, 6.07) is 25.6. The number of fused-ring (bicyclic) bond motifs is 2. The summed E-state index contributed by atoms with van der Waals surface area (Å²) < 4.78 is 107. The summed E-state index contributed by atoms with van der Waals surface area (Å²) >= 11 is 2.66. The molecule has 4 aromatic carbocycles. The van der Waals surface area contributed by atoms with Gasteiger partial charge in [0.05, 0.1) is 45.5 Å². The third kappa shape index (κ3) is 13.0. The van der Waals surface area contributed by atoms with Crippen LogP contribution >= 0.6 is 23.5 Å². The van der Waals surface area contributed by atoms with E-state index in [2.05, 4.69) is 23.3 Å². The molecular weight excluding hydrogens is 1010 g/mol. The number of sulfonamides is 2. The predicted molar refractivity (Wildman–Crippen MR) is 282 cm³/mol. The van der Waals surface area contributed by atoms with Crippen LogP contribution in [0.15, 0.2) is 129 Å². The molecule has 0 N–H and O–H groups in total. The zero-order valence-electron chi connectivity index (χ0n) is 42.6. The minimum Gasteiger partial charge on any atom is -0.461 e. The maximum absolute atomic E-state index is 14.1. The number of hydrogen-bond donors (Lipinski definition) is 0. The number of likely N-dealkylation sites (N-methyl/N-ethyl adjacent to an activating group) is 2. The maximum atomic E-state index is 14.1. The Kier molecular flexibility index (Phi) is 20.2. The highest BCUT2D eigenvalue weighted by Gasteiger charge is 2.46. The SMILES string of the molecule is CCCC[C@@]1(C)CN(c2ccccc2)c2cc(SC)c(O/C=C(\F)C(=O)OCC)cc2S(=O)(=O)N1C.CCCC[C@]1(C)CN(c2ccccc2)c2cc(SC)c(O/C=C(\F)C(=O)OCC)cc2S(=O)(=O)N1C. The van der Waals surface area contributed by atoms with Crippen molar-refractivity contribution < 1.29 is 54.2 Å². The van der Waals surface area contributed by atoms with E-state index < -0.39 is 54.7 Å². The molecule has 0 radical (unpaired) electrons. The smallest absolute Gasteiger partial charge is 0.370 e. The van der Waals surface area contributed by atoms with Crippen LogP contribution in [-0.2, 0) is 39.1 Å². The Balaban J connectivity index is 0.000000267. The van der Waals surface area contributed by atoms with Crippen LogP contribution in [0.25, 0.3) is 0 Å². The lowest BCUT2D eigenvalue weighted by atomic mass is 9.93. The van der Waals surface area contributed by atoms with Crippen molar-refractivity contribution in [2.75, 3.05) is 62.7 Å². The normalized spacial score (nSPS) is 19.9. The summed E-state index contributed by atoms with van der Waals surface area (Å²) in [4.78, 5) is 28.6. The van der Waals surface area contributed by atoms with Crippen LogP contribution in [0.1, 0.15) is 80.1 Å². The Morgan fingerprint density at radius 1 is 0.611 bits per heavy atom. The highest BCUT2D eigenvalue weighted by molar-refractivity contribution is 7.99. The summed E-state index contributed by atoms with van der Waals surface area (Å²) in [5, 5.41) is 0. The summed E-state index contributed by atoms with van der Waals surface area (Å²) in [6.07, 6.45) is 9.91. The van der Waals surface area contributed by atoms with E-state index in [-0.39, 0.29) is 34.5 Å². The molecule has 0 saturated carbocycles. The van der Waals surface area contributed by atoms with Gasteiger partial charge < -0.3 is 28.7 Å². The molecule has 0 bridgehead atoms. The highest BCUT2D eigenvalue weighted by atomic mass is 32.2. The lowest BCUT2D eigenvalue weighted by Gasteiger charge is -2.39. The van der Waals surface area contributed by atoms with Gasteiger partial charge in [0, 0.05) is 50.7 Å². The van der Waals surface area contributed by atoms with Gasteiger partial charge in [-0.15, -0.1) is 23.5 Å². The van der Waals surface area contributed by atoms with Crippen LogP contribution in [0, 0.1) is 0 Å². The fraction of sp³-hybridized carbons (Fsp3) is 0.423. The van der Waals surface area contributed by atoms with Crippen molar-refractivity contribution in [1.82, 2.24) is 8.61 Å². The topological polar surface area (TPSA) is 152 Å². The molecule has 0 spiro atoms. The summed E-state index contributed by atoms with van der Waals surface area (Å²) in [5.74, 6) is -4.46. The quantitative estimate of drug-likeness (QED) is 0.0402. The third-order valence-electron chi connectivity index (χ3n) is 12.7. The van der Waals surface area contributed by atoms with Crippen LogP contribution < -0.4 is 19.3 Å². The molecular formula is C52H66F2N4O10S4. The van der Waals surface area contributed by atoms with E-state index >= 15 is 0 Å². The maximum Gasteiger partial charge on any atom is 0.370 e. The number of benzene rings is 4. The van der Waals surface area contributed by atoms with E-state index in [1.165, 1.54) is 44.3 Å². The van der Waals surface area contributed by atoms with E-state index in [1.54, 1.807) is 40.1 Å². The second-order valence-corrected chi connectivity index (χ2v) is 23.1. The van der Waals surface area contributed by atoms with Gasteiger partial charge in [0.2, 0.25) is 31.7 Å². The highest BCUT2D eigenvalue weighted by Crippen LogP contribution is 2.48. The number of carbonyl (C=O) groups is 2.